The van der Waals surface area contributed by atoms with Gasteiger partial charge in [0.1, 0.15) is 4.90 Å². The molecule has 0 radical (unpaired) electrons. The van der Waals surface area contributed by atoms with E-state index in [4.69, 9.17) is 32.7 Å². The number of rotatable bonds is 8. The van der Waals surface area contributed by atoms with Gasteiger partial charge in [0.15, 0.2) is 6.61 Å². The summed E-state index contributed by atoms with van der Waals surface area (Å²) in [5.41, 5.74) is -0.123. The zero-order chi connectivity index (χ0) is 26.7. The molecule has 0 spiro atoms. The zero-order valence-corrected chi connectivity index (χ0v) is 22.4. The largest absolute Gasteiger partial charge is 0.452 e. The predicted octanol–water partition coefficient (Wildman–Crippen LogP) is 2.06. The summed E-state index contributed by atoms with van der Waals surface area (Å²) < 4.78 is 62.9. The third kappa shape index (κ3) is 6.35. The average molecular weight is 580 g/mol. The molecule has 36 heavy (non-hydrogen) atoms. The van der Waals surface area contributed by atoms with Crippen LogP contribution >= 0.6 is 23.2 Å². The molecule has 15 heteroatoms. The molecule has 1 N–H and O–H groups in total. The van der Waals surface area contributed by atoms with Crippen molar-refractivity contribution in [2.45, 2.75) is 9.79 Å². The molecule has 0 aliphatic carbocycles. The average Bonchev–Trinajstić information content (AvgIpc) is 2.83. The molecule has 0 atom stereocenters. The van der Waals surface area contributed by atoms with E-state index >= 15 is 0 Å². The number of carbonyl (C=O) groups is 2. The summed E-state index contributed by atoms with van der Waals surface area (Å²) in [6.07, 6.45) is 0. The van der Waals surface area contributed by atoms with Gasteiger partial charge in [-0.1, -0.05) is 29.3 Å². The number of carbonyl (C=O) groups excluding carboxylic acids is 2. The van der Waals surface area contributed by atoms with E-state index in [2.05, 4.69) is 5.32 Å². The maximum Gasteiger partial charge on any atom is 0.340 e. The number of anilines is 1. The number of amides is 1. The Labute approximate surface area is 219 Å². The maximum absolute atomic E-state index is 13.0. The Morgan fingerprint density at radius 1 is 1.06 bits per heavy atom. The van der Waals surface area contributed by atoms with E-state index in [1.165, 1.54) is 42.7 Å². The number of hydrogen-bond acceptors (Lipinski definition) is 8. The molecule has 1 amide bonds. The second kappa shape index (κ2) is 11.4. The summed E-state index contributed by atoms with van der Waals surface area (Å²) >= 11 is 12.2. The van der Waals surface area contributed by atoms with Gasteiger partial charge in [0, 0.05) is 32.9 Å². The smallest absolute Gasteiger partial charge is 0.340 e. The molecule has 0 saturated carbocycles. The van der Waals surface area contributed by atoms with Crippen molar-refractivity contribution < 1.29 is 35.9 Å². The number of esters is 1. The van der Waals surface area contributed by atoms with Crippen molar-refractivity contribution in [1.82, 2.24) is 8.61 Å². The molecule has 1 saturated heterocycles. The molecule has 3 rings (SSSR count). The van der Waals surface area contributed by atoms with Crippen molar-refractivity contribution in [3.63, 3.8) is 0 Å². The quantitative estimate of drug-likeness (QED) is 0.469. The van der Waals surface area contributed by atoms with Crippen LogP contribution in [0.3, 0.4) is 0 Å². The first-order chi connectivity index (χ1) is 16.8. The molecule has 0 aromatic heterocycles. The van der Waals surface area contributed by atoms with E-state index in [9.17, 15) is 26.4 Å². The lowest BCUT2D eigenvalue weighted by atomic mass is 10.2. The maximum atomic E-state index is 13.0. The highest BCUT2D eigenvalue weighted by atomic mass is 35.5. The van der Waals surface area contributed by atoms with Crippen molar-refractivity contribution in [2.24, 2.45) is 0 Å². The summed E-state index contributed by atoms with van der Waals surface area (Å²) in [7, 11) is -5.01. The van der Waals surface area contributed by atoms with Crippen LogP contribution in [0.5, 0.6) is 0 Å². The Balaban J connectivity index is 1.72. The number of ether oxygens (including phenoxy) is 2. The molecule has 1 heterocycles. The fourth-order valence-electron chi connectivity index (χ4n) is 3.16. The molecule has 1 aliphatic rings. The van der Waals surface area contributed by atoms with Gasteiger partial charge in [-0.05, 0) is 30.3 Å². The minimum atomic E-state index is -4.04. The number of nitrogens with one attached hydrogen (secondary N) is 1. The normalized spacial score (nSPS) is 15.0. The first-order valence-electron chi connectivity index (χ1n) is 10.4. The second-order valence-corrected chi connectivity index (χ2v) is 12.6. The van der Waals surface area contributed by atoms with Crippen LogP contribution in [0.25, 0.3) is 0 Å². The SMILES string of the molecule is CN(C)S(=O)(=O)c1cccc(NC(=O)COC(=O)c2cc(S(=O)(=O)N3CCOCC3)c(Cl)cc2Cl)c1. The summed E-state index contributed by atoms with van der Waals surface area (Å²) in [5, 5.41) is 2.10. The van der Waals surface area contributed by atoms with Crippen LogP contribution in [-0.4, -0.2) is 84.3 Å². The third-order valence-corrected chi connectivity index (χ3v) is 9.55. The van der Waals surface area contributed by atoms with Crippen molar-refractivity contribution in [3.8, 4) is 0 Å². The molecule has 0 unspecified atom stereocenters. The third-order valence-electron chi connectivity index (χ3n) is 5.06. The first-order valence-corrected chi connectivity index (χ1v) is 14.0. The van der Waals surface area contributed by atoms with Gasteiger partial charge in [0.2, 0.25) is 20.0 Å². The van der Waals surface area contributed by atoms with Crippen LogP contribution in [0.4, 0.5) is 5.69 Å². The van der Waals surface area contributed by atoms with E-state index in [0.717, 1.165) is 16.4 Å². The Bertz CT molecular complexity index is 1380. The van der Waals surface area contributed by atoms with Gasteiger partial charge in [-0.2, -0.15) is 4.31 Å². The molecule has 1 aliphatic heterocycles. The fraction of sp³-hybridized carbons (Fsp3) is 0.333. The highest BCUT2D eigenvalue weighted by Gasteiger charge is 2.30. The number of halogens is 2. The number of nitrogens with zero attached hydrogens (tertiary/aromatic N) is 2. The Hall–Kier alpha value is -2.26. The molecular formula is C21H23Cl2N3O8S2. The predicted molar refractivity (Wildman–Crippen MR) is 132 cm³/mol. The molecule has 11 nitrogen and oxygen atoms in total. The lowest BCUT2D eigenvalue weighted by molar-refractivity contribution is -0.119. The van der Waals surface area contributed by atoms with Gasteiger partial charge in [0.25, 0.3) is 5.91 Å². The van der Waals surface area contributed by atoms with Crippen molar-refractivity contribution in [2.75, 3.05) is 52.3 Å². The highest BCUT2D eigenvalue weighted by Crippen LogP contribution is 2.31. The van der Waals surface area contributed by atoms with Crippen LogP contribution < -0.4 is 5.32 Å². The van der Waals surface area contributed by atoms with Crippen molar-refractivity contribution in [3.05, 3.63) is 52.0 Å². The van der Waals surface area contributed by atoms with Gasteiger partial charge in [-0.3, -0.25) is 4.79 Å². The van der Waals surface area contributed by atoms with E-state index < -0.39 is 38.5 Å². The lowest BCUT2D eigenvalue weighted by Crippen LogP contribution is -2.40. The minimum absolute atomic E-state index is 0.0377. The number of hydrogen-bond donors (Lipinski definition) is 1. The van der Waals surface area contributed by atoms with Crippen LogP contribution in [0.2, 0.25) is 10.0 Å². The fourth-order valence-corrected chi connectivity index (χ4v) is 6.34. The minimum Gasteiger partial charge on any atom is -0.452 e. The standard InChI is InChI=1S/C21H23Cl2N3O8S2/c1-25(2)35(29,30)15-5-3-4-14(10-15)24-20(27)13-34-21(28)16-11-19(18(23)12-17(16)22)36(31,32)26-6-8-33-9-7-26/h3-5,10-12H,6-9,13H2,1-2H3,(H,24,27). The highest BCUT2D eigenvalue weighted by molar-refractivity contribution is 7.89. The number of benzene rings is 2. The monoisotopic (exact) mass is 579 g/mol. The van der Waals surface area contributed by atoms with E-state index in [1.54, 1.807) is 0 Å². The second-order valence-electron chi connectivity index (χ2n) is 7.72. The molecule has 196 valence electrons. The first kappa shape index (κ1) is 28.3. The molecule has 0 bridgehead atoms. The van der Waals surface area contributed by atoms with Gasteiger partial charge in [-0.15, -0.1) is 0 Å². The summed E-state index contributed by atoms with van der Waals surface area (Å²) in [5.74, 6) is -1.80. The zero-order valence-electron chi connectivity index (χ0n) is 19.2. The van der Waals surface area contributed by atoms with Gasteiger partial charge in [-0.25, -0.2) is 25.9 Å². The summed E-state index contributed by atoms with van der Waals surface area (Å²) in [6, 6.07) is 7.66. The summed E-state index contributed by atoms with van der Waals surface area (Å²) in [4.78, 5) is 24.5. The van der Waals surface area contributed by atoms with Gasteiger partial charge < -0.3 is 14.8 Å². The Morgan fingerprint density at radius 3 is 2.36 bits per heavy atom. The van der Waals surface area contributed by atoms with Crippen molar-refractivity contribution >= 4 is 60.8 Å². The van der Waals surface area contributed by atoms with Crippen LogP contribution in [0.15, 0.2) is 46.2 Å². The van der Waals surface area contributed by atoms with Crippen molar-refractivity contribution in [1.29, 1.82) is 0 Å². The molecule has 1 fully saturated rings. The van der Waals surface area contributed by atoms with Crippen LogP contribution in [0.1, 0.15) is 10.4 Å². The van der Waals surface area contributed by atoms with E-state index in [0.29, 0.717) is 0 Å². The van der Waals surface area contributed by atoms with Gasteiger partial charge >= 0.3 is 5.97 Å². The topological polar surface area (TPSA) is 139 Å². The molecular weight excluding hydrogens is 557 g/mol. The summed E-state index contributed by atoms with van der Waals surface area (Å²) in [6.45, 7) is -0.0541. The van der Waals surface area contributed by atoms with Gasteiger partial charge in [0.05, 0.1) is 33.7 Å². The van der Waals surface area contributed by atoms with E-state index in [-0.39, 0.29) is 57.4 Å². The molecule has 2 aromatic rings. The molecule has 2 aromatic carbocycles. The van der Waals surface area contributed by atoms with Crippen LogP contribution in [-0.2, 0) is 34.3 Å². The number of sulfonamides is 2. The van der Waals surface area contributed by atoms with E-state index in [1.807, 2.05) is 0 Å². The Morgan fingerprint density at radius 2 is 1.72 bits per heavy atom. The lowest BCUT2D eigenvalue weighted by Gasteiger charge is -2.26. The van der Waals surface area contributed by atoms with Crippen LogP contribution in [0, 0.1) is 0 Å². The number of morpholine rings is 1. The Kier molecular flexibility index (Phi) is 8.98.